The Morgan fingerprint density at radius 1 is 0.652 bits per heavy atom. The topological polar surface area (TPSA) is 248 Å². The molecule has 4 aromatic carbocycles. The Morgan fingerprint density at radius 2 is 1.25 bits per heavy atom. The number of hydrogen-bond acceptors (Lipinski definition) is 19. The highest BCUT2D eigenvalue weighted by Gasteiger charge is 2.47. The lowest BCUT2D eigenvalue weighted by molar-refractivity contribution is -0.211. The molecule has 0 saturated carbocycles. The number of aliphatic hydroxyl groups is 1. The van der Waals surface area contributed by atoms with E-state index in [1.54, 1.807) is 61.1 Å². The van der Waals surface area contributed by atoms with Crippen molar-refractivity contribution in [2.45, 2.75) is 102 Å². The molecule has 7 unspecified atom stereocenters. The van der Waals surface area contributed by atoms with Crippen molar-refractivity contribution in [2.24, 2.45) is 16.3 Å². The van der Waals surface area contributed by atoms with Crippen LogP contribution in [0.4, 0.5) is 0 Å². The summed E-state index contributed by atoms with van der Waals surface area (Å²) in [6.45, 7) is 6.17. The number of hydrogen-bond donors (Lipinski definition) is 4. The number of nitrogens with zero attached hydrogens (tertiary/aromatic N) is 2. The molecule has 0 bridgehead atoms. The number of rotatable bonds is 37. The van der Waals surface area contributed by atoms with Crippen LogP contribution >= 0.6 is 21.6 Å². The zero-order valence-corrected chi connectivity index (χ0v) is 53.5. The van der Waals surface area contributed by atoms with Crippen LogP contribution in [0.2, 0.25) is 0 Å². The van der Waals surface area contributed by atoms with Gasteiger partial charge in [-0.15, -0.1) is 0 Å². The molecular formula is C70H83N5O15S2. The summed E-state index contributed by atoms with van der Waals surface area (Å²) in [5.74, 6) is -3.61. The fourth-order valence-electron chi connectivity index (χ4n) is 10.3. The van der Waals surface area contributed by atoms with E-state index in [4.69, 9.17) is 37.9 Å². The summed E-state index contributed by atoms with van der Waals surface area (Å²) in [5.41, 5.74) is 2.97. The van der Waals surface area contributed by atoms with Gasteiger partial charge in [0.15, 0.2) is 12.1 Å². The van der Waals surface area contributed by atoms with Gasteiger partial charge in [0.25, 0.3) is 5.91 Å². The van der Waals surface area contributed by atoms with Crippen LogP contribution in [-0.4, -0.2) is 171 Å². The number of carbonyl (C=O) groups excluding carboxylic acids is 6. The van der Waals surface area contributed by atoms with E-state index in [-0.39, 0.29) is 56.0 Å². The maximum Gasteiger partial charge on any atom is 0.338 e. The molecule has 9 atom stereocenters. The monoisotopic (exact) mass is 1300 g/mol. The molecule has 2 aliphatic carbocycles. The van der Waals surface area contributed by atoms with Crippen LogP contribution < -0.4 is 16.0 Å². The standard InChI is InChI=1S/C70H83N5O15S2/c1-70(2,49-76)65(90-68(81)55-29-16-17-31-58(55)88-67(80)54-28-15-18-32-59(54)89-69(82)56-30-19-34-71-56)66(79)74-35-33-61(77)72-36-40-91-92-41-37-73-62(78)48-83-39-38-75-42-60(85-44-51-22-9-4-10-23-51)64(87-46-53-26-13-6-14-27-53)63(86-45-52-24-11-5-12-25-52)57(75)47-84-43-50-20-7-3-8-21-50/h3-31,34,55-60,63-65,76H,32-33,35-49H2,1-2H3,(H,72,77)(H,73,78)(H,74,79)/t55?,56?,57?,58?,59?,60?,63-,64?,65+/m1/s1. The van der Waals surface area contributed by atoms with Crippen LogP contribution in [-0.2, 0) is 93.1 Å². The summed E-state index contributed by atoms with van der Waals surface area (Å²) in [4.78, 5) is 85.7. The molecule has 4 N–H and O–H groups in total. The fourth-order valence-corrected chi connectivity index (χ4v) is 12.1. The molecule has 8 rings (SSSR count). The molecule has 0 spiro atoms. The van der Waals surface area contributed by atoms with E-state index in [9.17, 15) is 33.9 Å². The number of esters is 3. The fraction of sp³-hybridized carbons (Fsp3) is 0.414. The van der Waals surface area contributed by atoms with E-state index in [0.29, 0.717) is 70.7 Å². The van der Waals surface area contributed by atoms with Gasteiger partial charge < -0.3 is 59.0 Å². The molecular weight excluding hydrogens is 1210 g/mol. The molecule has 1 saturated heterocycles. The Balaban J connectivity index is 0.745. The first kappa shape index (κ1) is 70.4. The second-order valence-electron chi connectivity index (χ2n) is 22.8. The third kappa shape index (κ3) is 22.7. The van der Waals surface area contributed by atoms with Crippen LogP contribution in [0.5, 0.6) is 0 Å². The first-order chi connectivity index (χ1) is 44.8. The maximum absolute atomic E-state index is 13.8. The quantitative estimate of drug-likeness (QED) is 0.0151. The number of benzene rings is 4. The number of ether oxygens (including phenoxy) is 8. The number of piperidine rings is 1. The van der Waals surface area contributed by atoms with Crippen molar-refractivity contribution < 1.29 is 71.8 Å². The molecule has 4 aliphatic rings. The molecule has 4 aromatic rings. The number of likely N-dealkylation sites (tertiary alicyclic amines) is 1. The third-order valence-electron chi connectivity index (χ3n) is 15.4. The van der Waals surface area contributed by atoms with Crippen LogP contribution in [0.15, 0.2) is 187 Å². The third-order valence-corrected chi connectivity index (χ3v) is 17.8. The van der Waals surface area contributed by atoms with Crippen molar-refractivity contribution in [3.63, 3.8) is 0 Å². The smallest absolute Gasteiger partial charge is 0.338 e. The van der Waals surface area contributed by atoms with Crippen LogP contribution in [0.3, 0.4) is 0 Å². The van der Waals surface area contributed by atoms with Gasteiger partial charge in [-0.05, 0) is 46.6 Å². The Labute approximate surface area is 546 Å². The predicted octanol–water partition coefficient (Wildman–Crippen LogP) is 7.17. The van der Waals surface area contributed by atoms with Gasteiger partial charge in [-0.2, -0.15) is 0 Å². The predicted molar refractivity (Wildman–Crippen MR) is 351 cm³/mol. The summed E-state index contributed by atoms with van der Waals surface area (Å²) in [6.07, 6.45) is 10.9. The number of amides is 3. The summed E-state index contributed by atoms with van der Waals surface area (Å²) < 4.78 is 50.2. The van der Waals surface area contributed by atoms with Gasteiger partial charge in [-0.1, -0.05) is 187 Å². The lowest BCUT2D eigenvalue weighted by atomic mass is 9.86. The Kier molecular flexibility index (Phi) is 29.0. The zero-order chi connectivity index (χ0) is 64.8. The van der Waals surface area contributed by atoms with Gasteiger partial charge in [0.1, 0.15) is 36.9 Å². The van der Waals surface area contributed by atoms with Crippen LogP contribution in [0.25, 0.3) is 0 Å². The van der Waals surface area contributed by atoms with Crippen molar-refractivity contribution >= 4 is 63.4 Å². The van der Waals surface area contributed by atoms with E-state index in [1.165, 1.54) is 35.2 Å². The molecule has 2 aliphatic heterocycles. The number of carbonyl (C=O) groups is 6. The highest BCUT2D eigenvalue weighted by atomic mass is 33.1. The molecule has 2 heterocycles. The lowest BCUT2D eigenvalue weighted by Crippen LogP contribution is -2.65. The molecule has 0 radical (unpaired) electrons. The second-order valence-corrected chi connectivity index (χ2v) is 25.5. The first-order valence-electron chi connectivity index (χ1n) is 30.9. The summed E-state index contributed by atoms with van der Waals surface area (Å²) in [7, 11) is 3.08. The van der Waals surface area contributed by atoms with E-state index >= 15 is 0 Å². The van der Waals surface area contributed by atoms with Gasteiger partial charge in [-0.25, -0.2) is 9.59 Å². The van der Waals surface area contributed by atoms with Crippen molar-refractivity contribution in [3.05, 3.63) is 204 Å². The van der Waals surface area contributed by atoms with Crippen molar-refractivity contribution in [2.75, 3.05) is 70.7 Å². The molecule has 0 aromatic heterocycles. The zero-order valence-electron chi connectivity index (χ0n) is 51.9. The molecule has 20 nitrogen and oxygen atoms in total. The average molecular weight is 1300 g/mol. The van der Waals surface area contributed by atoms with Crippen LogP contribution in [0.1, 0.15) is 48.9 Å². The second kappa shape index (κ2) is 37.9. The molecule has 3 amide bonds. The lowest BCUT2D eigenvalue weighted by Gasteiger charge is -2.48. The minimum absolute atomic E-state index is 0.0709. The van der Waals surface area contributed by atoms with Gasteiger partial charge in [0, 0.05) is 68.7 Å². The Morgan fingerprint density at radius 3 is 1.87 bits per heavy atom. The SMILES string of the molecule is CC(C)(CO)[C@@H](OC(=O)C1C=CC=CC1OC(=O)C1=CC=CCC1OC(=O)C1C=CC=N1)C(=O)NCCC(=O)NCCSSCCNC(=O)COCCN1CC(OCc2ccccc2)C(OCc2ccccc2)[C@H](OCc2ccccc2)C1COCc1ccccc1. The van der Waals surface area contributed by atoms with Crippen molar-refractivity contribution in [3.8, 4) is 0 Å². The average Bonchev–Trinajstić information content (AvgIpc) is 1.19. The summed E-state index contributed by atoms with van der Waals surface area (Å²) in [5, 5.41) is 18.7. The number of aliphatic imine (C=N–C) groups is 1. The minimum atomic E-state index is -1.48. The Bertz CT molecular complexity index is 3160. The number of aliphatic hydroxyl groups excluding tert-OH is 1. The van der Waals surface area contributed by atoms with E-state index in [1.807, 2.05) is 121 Å². The molecule has 22 heteroatoms. The van der Waals surface area contributed by atoms with E-state index in [2.05, 4.69) is 25.8 Å². The number of allylic oxidation sites excluding steroid dienone is 5. The van der Waals surface area contributed by atoms with Gasteiger partial charge in [0.2, 0.25) is 11.8 Å². The highest BCUT2D eigenvalue weighted by molar-refractivity contribution is 8.76. The largest absolute Gasteiger partial charge is 0.455 e. The molecule has 92 heavy (non-hydrogen) atoms. The van der Waals surface area contributed by atoms with Gasteiger partial charge in [0.05, 0.1) is 64.0 Å². The normalized spacial score (nSPS) is 21.2. The minimum Gasteiger partial charge on any atom is -0.455 e. The van der Waals surface area contributed by atoms with E-state index in [0.717, 1.165) is 22.3 Å². The maximum atomic E-state index is 13.8. The highest BCUT2D eigenvalue weighted by Crippen LogP contribution is 2.31. The number of nitrogens with one attached hydrogen (secondary N) is 3. The molecule has 1 fully saturated rings. The van der Waals surface area contributed by atoms with Crippen LogP contribution in [0, 0.1) is 11.3 Å². The van der Waals surface area contributed by atoms with E-state index < -0.39 is 84.4 Å². The van der Waals surface area contributed by atoms with Gasteiger partial charge in [-0.3, -0.25) is 29.1 Å². The summed E-state index contributed by atoms with van der Waals surface area (Å²) >= 11 is 0. The summed E-state index contributed by atoms with van der Waals surface area (Å²) in [6, 6.07) is 39.1. The Hall–Kier alpha value is -7.51. The first-order valence-corrected chi connectivity index (χ1v) is 33.4. The molecule has 490 valence electrons. The van der Waals surface area contributed by atoms with Gasteiger partial charge >= 0.3 is 17.9 Å². The van der Waals surface area contributed by atoms with Crippen molar-refractivity contribution in [1.82, 2.24) is 20.9 Å². The van der Waals surface area contributed by atoms with Crippen molar-refractivity contribution in [1.29, 1.82) is 0 Å².